The first-order valence-corrected chi connectivity index (χ1v) is 13.7. The molecule has 210 valence electrons. The third-order valence-electron chi connectivity index (χ3n) is 7.44. The number of carbonyl (C=O) groups is 2. The lowest BCUT2D eigenvalue weighted by Gasteiger charge is -2.29. The number of pyridine rings is 1. The molecular weight excluding hydrogens is 539 g/mol. The minimum atomic E-state index is -0.965. The van der Waals surface area contributed by atoms with Crippen LogP contribution in [0.5, 0.6) is 0 Å². The predicted molar refractivity (Wildman–Crippen MR) is 148 cm³/mol. The standard InChI is InChI=1S/C30H30ClFN2O6/c31-21-6-4-18-9-24(16-36)40-17-20-14-34(29(37)13-26(20)25(18)10-21)28(12-23-3-1-2-8-39-23)30(38)33-22-7-5-19(15-35)27(32)11-22/h4-7,10-11,13-15,23-24,28,36H,1-3,8-9,12,16-17H2,(H,33,38). The van der Waals surface area contributed by atoms with Crippen molar-refractivity contribution in [2.75, 3.05) is 18.5 Å². The Hall–Kier alpha value is -3.37. The molecule has 3 heterocycles. The summed E-state index contributed by atoms with van der Waals surface area (Å²) in [5.41, 5.74) is 2.61. The number of fused-ring (bicyclic) bond motifs is 3. The molecule has 3 atom stereocenters. The number of halogens is 2. The minimum Gasteiger partial charge on any atom is -0.394 e. The van der Waals surface area contributed by atoms with Crippen LogP contribution in [0.15, 0.2) is 53.5 Å². The number of aliphatic hydroxyl groups excluding tert-OH is 1. The van der Waals surface area contributed by atoms with Crippen LogP contribution >= 0.6 is 11.6 Å². The van der Waals surface area contributed by atoms with E-state index in [0.717, 1.165) is 36.5 Å². The Labute approximate surface area is 235 Å². The molecule has 2 aromatic carbocycles. The maximum absolute atomic E-state index is 14.2. The summed E-state index contributed by atoms with van der Waals surface area (Å²) in [6.07, 6.45) is 4.65. The third kappa shape index (κ3) is 6.18. The Morgan fingerprint density at radius 3 is 2.67 bits per heavy atom. The van der Waals surface area contributed by atoms with Crippen molar-refractivity contribution < 1.29 is 28.6 Å². The van der Waals surface area contributed by atoms with E-state index in [0.29, 0.717) is 35.5 Å². The molecule has 2 N–H and O–H groups in total. The summed E-state index contributed by atoms with van der Waals surface area (Å²) >= 11 is 6.31. The van der Waals surface area contributed by atoms with Gasteiger partial charge in [0.05, 0.1) is 31.0 Å². The lowest BCUT2D eigenvalue weighted by molar-refractivity contribution is -0.121. The Kier molecular flexibility index (Phi) is 8.75. The lowest BCUT2D eigenvalue weighted by Crippen LogP contribution is -2.37. The van der Waals surface area contributed by atoms with Crippen LogP contribution in [0.4, 0.5) is 10.1 Å². The molecule has 1 amide bonds. The third-order valence-corrected chi connectivity index (χ3v) is 7.68. The zero-order chi connectivity index (χ0) is 28.2. The maximum atomic E-state index is 14.2. The molecule has 0 bridgehead atoms. The van der Waals surface area contributed by atoms with Gasteiger partial charge in [0, 0.05) is 48.0 Å². The molecule has 10 heteroatoms. The van der Waals surface area contributed by atoms with Crippen LogP contribution in [0.3, 0.4) is 0 Å². The van der Waals surface area contributed by atoms with E-state index in [4.69, 9.17) is 21.1 Å². The number of hydrogen-bond acceptors (Lipinski definition) is 6. The maximum Gasteiger partial charge on any atom is 0.251 e. The van der Waals surface area contributed by atoms with Crippen LogP contribution in [-0.4, -0.2) is 47.3 Å². The van der Waals surface area contributed by atoms with Gasteiger partial charge in [0.1, 0.15) is 11.9 Å². The summed E-state index contributed by atoms with van der Waals surface area (Å²) in [6, 6.07) is 9.71. The van der Waals surface area contributed by atoms with Crippen molar-refractivity contribution in [1.82, 2.24) is 4.57 Å². The van der Waals surface area contributed by atoms with Crippen molar-refractivity contribution in [1.29, 1.82) is 0 Å². The number of aromatic nitrogens is 1. The number of nitrogens with one attached hydrogen (secondary N) is 1. The first-order valence-electron chi connectivity index (χ1n) is 13.3. The quantitative estimate of drug-likeness (QED) is 0.400. The summed E-state index contributed by atoms with van der Waals surface area (Å²) in [7, 11) is 0. The second-order valence-corrected chi connectivity index (χ2v) is 10.6. The number of amides is 1. The van der Waals surface area contributed by atoms with E-state index in [1.807, 2.05) is 6.07 Å². The normalized spacial score (nSPS) is 19.5. The Bertz CT molecular complexity index is 1470. The molecule has 3 unspecified atom stereocenters. The van der Waals surface area contributed by atoms with Gasteiger partial charge in [0.15, 0.2) is 6.29 Å². The lowest BCUT2D eigenvalue weighted by atomic mass is 9.92. The van der Waals surface area contributed by atoms with Gasteiger partial charge in [-0.1, -0.05) is 17.7 Å². The molecule has 3 aromatic rings. The number of rotatable bonds is 7. The number of aldehydes is 1. The number of hydrogen-bond donors (Lipinski definition) is 2. The monoisotopic (exact) mass is 568 g/mol. The van der Waals surface area contributed by atoms with Gasteiger partial charge in [-0.15, -0.1) is 0 Å². The summed E-state index contributed by atoms with van der Waals surface area (Å²) in [4.78, 5) is 38.2. The van der Waals surface area contributed by atoms with Gasteiger partial charge < -0.3 is 24.5 Å². The molecule has 8 nitrogen and oxygen atoms in total. The summed E-state index contributed by atoms with van der Waals surface area (Å²) in [6.45, 7) is 0.504. The Balaban J connectivity index is 1.55. The molecule has 2 aliphatic heterocycles. The van der Waals surface area contributed by atoms with E-state index in [-0.39, 0.29) is 37.0 Å². The van der Waals surface area contributed by atoms with Crippen molar-refractivity contribution in [2.24, 2.45) is 0 Å². The van der Waals surface area contributed by atoms with E-state index >= 15 is 0 Å². The molecule has 2 aliphatic rings. The second-order valence-electron chi connectivity index (χ2n) is 10.2. The van der Waals surface area contributed by atoms with Crippen LogP contribution in [0.25, 0.3) is 11.1 Å². The molecular formula is C30H30ClFN2O6. The Morgan fingerprint density at radius 2 is 1.95 bits per heavy atom. The molecule has 1 fully saturated rings. The van der Waals surface area contributed by atoms with Crippen molar-refractivity contribution in [3.8, 4) is 11.1 Å². The van der Waals surface area contributed by atoms with Crippen LogP contribution in [0.2, 0.25) is 5.02 Å². The summed E-state index contributed by atoms with van der Waals surface area (Å²) < 4.78 is 27.5. The summed E-state index contributed by atoms with van der Waals surface area (Å²) in [5.74, 6) is -1.27. The molecule has 5 rings (SSSR count). The molecule has 0 radical (unpaired) electrons. The number of anilines is 1. The van der Waals surface area contributed by atoms with E-state index in [1.54, 1.807) is 18.3 Å². The molecule has 1 aromatic heterocycles. The highest BCUT2D eigenvalue weighted by Gasteiger charge is 2.29. The molecule has 0 aliphatic carbocycles. The van der Waals surface area contributed by atoms with Gasteiger partial charge >= 0.3 is 0 Å². The van der Waals surface area contributed by atoms with Gasteiger partial charge in [-0.25, -0.2) is 4.39 Å². The van der Waals surface area contributed by atoms with E-state index in [9.17, 15) is 23.9 Å². The fraction of sp³-hybridized carbons (Fsp3) is 0.367. The van der Waals surface area contributed by atoms with Gasteiger partial charge in [0.25, 0.3) is 5.56 Å². The van der Waals surface area contributed by atoms with Crippen LogP contribution in [-0.2, 0) is 27.3 Å². The van der Waals surface area contributed by atoms with Gasteiger partial charge in [-0.05, 0) is 66.3 Å². The van der Waals surface area contributed by atoms with Crippen LogP contribution in [0.1, 0.15) is 53.2 Å². The number of ether oxygens (including phenoxy) is 2. The van der Waals surface area contributed by atoms with E-state index in [1.165, 1.54) is 22.8 Å². The summed E-state index contributed by atoms with van der Waals surface area (Å²) in [5, 5.41) is 13.1. The van der Waals surface area contributed by atoms with Crippen LogP contribution < -0.4 is 10.9 Å². The minimum absolute atomic E-state index is 0.111. The average Bonchev–Trinajstić information content (AvgIpc) is 2.95. The number of carbonyl (C=O) groups excluding carboxylic acids is 2. The van der Waals surface area contributed by atoms with Gasteiger partial charge in [-0.3, -0.25) is 14.4 Å². The van der Waals surface area contributed by atoms with Crippen molar-refractivity contribution in [2.45, 2.75) is 57.0 Å². The fourth-order valence-corrected chi connectivity index (χ4v) is 5.49. The second kappa shape index (κ2) is 12.4. The van der Waals surface area contributed by atoms with Crippen molar-refractivity contribution >= 4 is 29.5 Å². The Morgan fingerprint density at radius 1 is 1.12 bits per heavy atom. The highest BCUT2D eigenvalue weighted by molar-refractivity contribution is 6.30. The van der Waals surface area contributed by atoms with Gasteiger partial charge in [0.2, 0.25) is 5.91 Å². The SMILES string of the molecule is O=Cc1ccc(NC(=O)C(CC2CCCCO2)n2cc3c(cc2=O)-c2cc(Cl)ccc2CC(CO)OC3)cc1F. The zero-order valence-electron chi connectivity index (χ0n) is 21.8. The van der Waals surface area contributed by atoms with Crippen molar-refractivity contribution in [3.63, 3.8) is 0 Å². The van der Waals surface area contributed by atoms with E-state index in [2.05, 4.69) is 5.32 Å². The number of aliphatic hydroxyl groups is 1. The molecule has 0 spiro atoms. The first kappa shape index (κ1) is 28.2. The molecule has 40 heavy (non-hydrogen) atoms. The number of benzene rings is 2. The molecule has 0 saturated carbocycles. The topological polar surface area (TPSA) is 107 Å². The molecule has 1 saturated heterocycles. The van der Waals surface area contributed by atoms with E-state index < -0.39 is 29.4 Å². The number of nitrogens with zero attached hydrogens (tertiary/aromatic N) is 1. The highest BCUT2D eigenvalue weighted by atomic mass is 35.5. The zero-order valence-corrected chi connectivity index (χ0v) is 22.5. The average molecular weight is 569 g/mol. The van der Waals surface area contributed by atoms with Crippen molar-refractivity contribution in [3.05, 3.63) is 86.5 Å². The largest absolute Gasteiger partial charge is 0.394 e. The smallest absolute Gasteiger partial charge is 0.251 e. The van der Waals surface area contributed by atoms with Gasteiger partial charge in [-0.2, -0.15) is 0 Å². The first-order chi connectivity index (χ1) is 19.4. The predicted octanol–water partition coefficient (Wildman–Crippen LogP) is 4.69. The highest BCUT2D eigenvalue weighted by Crippen LogP contribution is 2.34. The van der Waals surface area contributed by atoms with Crippen LogP contribution in [0, 0.1) is 5.82 Å². The fourth-order valence-electron chi connectivity index (χ4n) is 5.32.